The Morgan fingerprint density at radius 2 is 2.16 bits per heavy atom. The number of methoxy groups -OCH3 is 1. The Morgan fingerprint density at radius 1 is 1.34 bits per heavy atom. The molecule has 8 nitrogen and oxygen atoms in total. The van der Waals surface area contributed by atoms with Crippen LogP contribution in [0, 0.1) is 11.8 Å². The summed E-state index contributed by atoms with van der Waals surface area (Å²) in [6, 6.07) is 6.22. The Morgan fingerprint density at radius 3 is 2.87 bits per heavy atom. The SMILES string of the molecule is CNC(=O)c1ccc(OC)c(NCC#Cc2cc3c(N[C@@H]4CCN(C)C[C@@H]4F)nccn3c2SC(F)F)c1. The highest BCUT2D eigenvalue weighted by atomic mass is 32.2. The van der Waals surface area contributed by atoms with Crippen LogP contribution in [0.1, 0.15) is 22.3 Å². The number of halogens is 3. The van der Waals surface area contributed by atoms with E-state index < -0.39 is 18.0 Å². The number of likely N-dealkylation sites (tertiary alicyclic amines) is 1. The molecule has 3 heterocycles. The Labute approximate surface area is 223 Å². The molecule has 38 heavy (non-hydrogen) atoms. The molecule has 1 saturated heterocycles. The van der Waals surface area contributed by atoms with Crippen LogP contribution >= 0.6 is 11.8 Å². The van der Waals surface area contributed by atoms with Crippen LogP contribution in [0.5, 0.6) is 5.75 Å². The summed E-state index contributed by atoms with van der Waals surface area (Å²) in [6.07, 6.45) is 2.61. The van der Waals surface area contributed by atoms with Crippen molar-refractivity contribution in [3.63, 3.8) is 0 Å². The number of piperidine rings is 1. The molecule has 3 N–H and O–H groups in total. The molecule has 0 bridgehead atoms. The molecule has 0 saturated carbocycles. The maximum atomic E-state index is 14.6. The van der Waals surface area contributed by atoms with Crippen LogP contribution in [0.3, 0.4) is 0 Å². The van der Waals surface area contributed by atoms with Gasteiger partial charge in [0.15, 0.2) is 5.82 Å². The summed E-state index contributed by atoms with van der Waals surface area (Å²) in [6.45, 7) is 1.23. The molecule has 1 amide bonds. The number of hydrogen-bond donors (Lipinski definition) is 3. The van der Waals surface area contributed by atoms with Gasteiger partial charge in [-0.25, -0.2) is 9.37 Å². The number of rotatable bonds is 8. The number of nitrogens with one attached hydrogen (secondary N) is 3. The van der Waals surface area contributed by atoms with Crippen molar-refractivity contribution in [3.8, 4) is 17.6 Å². The largest absolute Gasteiger partial charge is 0.495 e. The predicted molar refractivity (Wildman–Crippen MR) is 143 cm³/mol. The van der Waals surface area contributed by atoms with Gasteiger partial charge in [-0.3, -0.25) is 4.79 Å². The lowest BCUT2D eigenvalue weighted by atomic mass is 10.0. The van der Waals surface area contributed by atoms with Gasteiger partial charge in [0, 0.05) is 38.1 Å². The van der Waals surface area contributed by atoms with Crippen LogP contribution in [0.4, 0.5) is 24.7 Å². The number of alkyl halides is 3. The van der Waals surface area contributed by atoms with Crippen molar-refractivity contribution in [2.45, 2.75) is 29.4 Å². The Bertz CT molecular complexity index is 1360. The van der Waals surface area contributed by atoms with Crippen LogP contribution < -0.4 is 20.7 Å². The van der Waals surface area contributed by atoms with Gasteiger partial charge in [-0.2, -0.15) is 8.78 Å². The fraction of sp³-hybridized carbons (Fsp3) is 0.385. The van der Waals surface area contributed by atoms with Gasteiger partial charge in [0.1, 0.15) is 16.9 Å². The first-order valence-electron chi connectivity index (χ1n) is 12.0. The van der Waals surface area contributed by atoms with Gasteiger partial charge >= 0.3 is 0 Å². The van der Waals surface area contributed by atoms with E-state index in [-0.39, 0.29) is 17.5 Å². The van der Waals surface area contributed by atoms with Crippen molar-refractivity contribution < 1.29 is 22.7 Å². The number of anilines is 2. The zero-order valence-corrected chi connectivity index (χ0v) is 22.0. The van der Waals surface area contributed by atoms with Gasteiger partial charge in [0.25, 0.3) is 11.7 Å². The Hall–Kier alpha value is -3.56. The third-order valence-electron chi connectivity index (χ3n) is 6.20. The van der Waals surface area contributed by atoms with E-state index >= 15 is 0 Å². The van der Waals surface area contributed by atoms with Gasteiger partial charge in [-0.1, -0.05) is 11.8 Å². The molecule has 202 valence electrons. The van der Waals surface area contributed by atoms with Crippen molar-refractivity contribution in [3.05, 3.63) is 47.8 Å². The van der Waals surface area contributed by atoms with Crippen molar-refractivity contribution in [2.24, 2.45) is 0 Å². The number of aromatic nitrogens is 2. The lowest BCUT2D eigenvalue weighted by Gasteiger charge is -2.33. The number of benzene rings is 1. The first-order valence-corrected chi connectivity index (χ1v) is 12.9. The zero-order chi connectivity index (χ0) is 27.2. The van der Waals surface area contributed by atoms with Gasteiger partial charge < -0.3 is 30.0 Å². The molecule has 0 radical (unpaired) electrons. The summed E-state index contributed by atoms with van der Waals surface area (Å²) in [5, 5.41) is 9.12. The number of thioether (sulfide) groups is 1. The molecule has 2 atom stereocenters. The number of ether oxygens (including phenoxy) is 1. The standard InChI is InChI=1S/C26H29F3N6O2S/c1-30-24(36)16-6-7-22(37-3)20(13-16)31-9-4-5-17-14-21-23(33-19-8-11-34(2)15-18(19)27)32-10-12-35(21)25(17)38-26(28)29/h6-7,10,12-14,18-19,26,31H,8-9,11,15H2,1-3H3,(H,30,36)(H,32,33)/t18-,19+/m0/s1. The molecule has 0 unspecified atom stereocenters. The minimum Gasteiger partial charge on any atom is -0.495 e. The van der Waals surface area contributed by atoms with Gasteiger partial charge in [0.2, 0.25) is 0 Å². The summed E-state index contributed by atoms with van der Waals surface area (Å²) in [5.74, 6) is 3.98. The normalized spacial score (nSPS) is 17.7. The van der Waals surface area contributed by atoms with E-state index in [1.807, 2.05) is 11.9 Å². The summed E-state index contributed by atoms with van der Waals surface area (Å²) in [5.41, 5.74) is 1.96. The molecule has 3 aromatic rings. The maximum Gasteiger partial charge on any atom is 0.290 e. The van der Waals surface area contributed by atoms with Crippen molar-refractivity contribution in [1.82, 2.24) is 19.6 Å². The van der Waals surface area contributed by atoms with Gasteiger partial charge in [-0.05, 0) is 49.5 Å². The average Bonchev–Trinajstić information content (AvgIpc) is 3.25. The molecule has 1 aliphatic rings. The van der Waals surface area contributed by atoms with Crippen molar-refractivity contribution in [2.75, 3.05) is 51.5 Å². The minimum absolute atomic E-state index is 0.168. The molecule has 12 heteroatoms. The predicted octanol–water partition coefficient (Wildman–Crippen LogP) is 3.93. The smallest absolute Gasteiger partial charge is 0.290 e. The number of nitrogens with zero attached hydrogens (tertiary/aromatic N) is 3. The number of fused-ring (bicyclic) bond motifs is 1. The van der Waals surface area contributed by atoms with Crippen LogP contribution in [0.15, 0.2) is 41.7 Å². The van der Waals surface area contributed by atoms with Crippen molar-refractivity contribution in [1.29, 1.82) is 0 Å². The first-order chi connectivity index (χ1) is 18.3. The third kappa shape index (κ3) is 6.28. The second-order valence-corrected chi connectivity index (χ2v) is 9.72. The van der Waals surface area contributed by atoms with E-state index in [0.717, 1.165) is 6.54 Å². The summed E-state index contributed by atoms with van der Waals surface area (Å²) < 4.78 is 48.5. The number of carbonyl (C=O) groups excluding carboxylic acids is 1. The number of hydrogen-bond acceptors (Lipinski definition) is 7. The monoisotopic (exact) mass is 546 g/mol. The zero-order valence-electron chi connectivity index (χ0n) is 21.2. The average molecular weight is 547 g/mol. The summed E-state index contributed by atoms with van der Waals surface area (Å²) in [7, 11) is 4.93. The quantitative estimate of drug-likeness (QED) is 0.292. The highest BCUT2D eigenvalue weighted by Gasteiger charge is 2.28. The van der Waals surface area contributed by atoms with E-state index in [4.69, 9.17) is 4.74 Å². The lowest BCUT2D eigenvalue weighted by Crippen LogP contribution is -2.46. The molecule has 4 rings (SSSR count). The van der Waals surface area contributed by atoms with Crippen LogP contribution in [-0.4, -0.2) is 79.0 Å². The first kappa shape index (κ1) is 27.5. The molecular weight excluding hydrogens is 517 g/mol. The maximum absolute atomic E-state index is 14.6. The molecule has 0 aliphatic carbocycles. The number of carbonyl (C=O) groups is 1. The highest BCUT2D eigenvalue weighted by Crippen LogP contribution is 2.33. The van der Waals surface area contributed by atoms with Gasteiger partial charge in [0.05, 0.1) is 36.5 Å². The van der Waals surface area contributed by atoms with E-state index in [1.165, 1.54) is 13.3 Å². The fourth-order valence-electron chi connectivity index (χ4n) is 4.29. The molecule has 1 aliphatic heterocycles. The van der Waals surface area contributed by atoms with E-state index in [1.54, 1.807) is 41.9 Å². The second-order valence-electron chi connectivity index (χ2n) is 8.74. The minimum atomic E-state index is -2.66. The second kappa shape index (κ2) is 12.3. The highest BCUT2D eigenvalue weighted by molar-refractivity contribution is 7.99. The molecule has 1 aromatic carbocycles. The fourth-order valence-corrected chi connectivity index (χ4v) is 4.97. The summed E-state index contributed by atoms with van der Waals surface area (Å²) >= 11 is 0.391. The van der Waals surface area contributed by atoms with Crippen LogP contribution in [0.25, 0.3) is 5.52 Å². The molecule has 0 spiro atoms. The molecule has 1 fully saturated rings. The van der Waals surface area contributed by atoms with E-state index in [0.29, 0.717) is 58.6 Å². The van der Waals surface area contributed by atoms with Crippen LogP contribution in [-0.2, 0) is 0 Å². The number of amides is 1. The Kier molecular flexibility index (Phi) is 8.91. The third-order valence-corrected chi connectivity index (χ3v) is 7.02. The Balaban J connectivity index is 1.59. The lowest BCUT2D eigenvalue weighted by molar-refractivity contribution is 0.0963. The summed E-state index contributed by atoms with van der Waals surface area (Å²) in [4.78, 5) is 18.3. The molecular formula is C26H29F3N6O2S. The van der Waals surface area contributed by atoms with Crippen LogP contribution in [0.2, 0.25) is 0 Å². The van der Waals surface area contributed by atoms with E-state index in [9.17, 15) is 18.0 Å². The molecule has 2 aromatic heterocycles. The van der Waals surface area contributed by atoms with Crippen molar-refractivity contribution >= 4 is 34.7 Å². The van der Waals surface area contributed by atoms with E-state index in [2.05, 4.69) is 32.8 Å². The van der Waals surface area contributed by atoms with Gasteiger partial charge in [-0.15, -0.1) is 0 Å². The topological polar surface area (TPSA) is 82.9 Å².